The second-order valence-electron chi connectivity index (χ2n) is 20.0. The first kappa shape index (κ1) is 76.6. The minimum Gasteiger partial charge on any atom is -0.466 e. The van der Waals surface area contributed by atoms with E-state index < -0.39 is 47.8 Å². The SMILES string of the molecule is CC/C=C\CCCCOC(=O)CCOC(=O)CCN(CCCN(C)CCCN(CCC(=O)OCCC(=O)OCCCC/C=C\CC)CCC(=O)OCCC(=O)OCCCC/C=C\CC)CCC(=O)OCCC(=O)OCCCC/C=C\CC. The van der Waals surface area contributed by atoms with Crippen LogP contribution in [0.15, 0.2) is 48.6 Å². The summed E-state index contributed by atoms with van der Waals surface area (Å²) in [5, 5.41) is 0. The second-order valence-corrected chi connectivity index (χ2v) is 20.0. The van der Waals surface area contributed by atoms with Crippen molar-refractivity contribution in [2.75, 3.05) is 112 Å². The van der Waals surface area contributed by atoms with E-state index in [9.17, 15) is 38.4 Å². The van der Waals surface area contributed by atoms with Gasteiger partial charge in [-0.15, -0.1) is 0 Å². The van der Waals surface area contributed by atoms with Crippen LogP contribution in [-0.4, -0.2) is 175 Å². The second kappa shape index (κ2) is 57.4. The first-order valence-corrected chi connectivity index (χ1v) is 30.8. The molecular weight excluding hydrogens is 1050 g/mol. The highest BCUT2D eigenvalue weighted by Gasteiger charge is 2.17. The molecule has 0 spiro atoms. The minimum absolute atomic E-state index is 0.0389. The van der Waals surface area contributed by atoms with Gasteiger partial charge in [-0.1, -0.05) is 76.3 Å². The zero-order valence-corrected chi connectivity index (χ0v) is 51.2. The summed E-state index contributed by atoms with van der Waals surface area (Å²) in [6.07, 6.45) is 32.6. The molecule has 0 aromatic heterocycles. The minimum atomic E-state index is -0.475. The highest BCUT2D eigenvalue weighted by Crippen LogP contribution is 2.08. The van der Waals surface area contributed by atoms with Crippen LogP contribution >= 0.6 is 0 Å². The van der Waals surface area contributed by atoms with Crippen LogP contribution in [-0.2, 0) is 76.3 Å². The third-order valence-corrected chi connectivity index (χ3v) is 12.6. The third-order valence-electron chi connectivity index (χ3n) is 12.6. The van der Waals surface area contributed by atoms with Gasteiger partial charge in [0, 0.05) is 26.2 Å². The number of hydrogen-bond donors (Lipinski definition) is 0. The number of hydrogen-bond acceptors (Lipinski definition) is 19. The fourth-order valence-electron chi connectivity index (χ4n) is 7.82. The summed E-state index contributed by atoms with van der Waals surface area (Å²) in [6.45, 7) is 12.9. The number of unbranched alkanes of at least 4 members (excludes halogenated alkanes) is 8. The van der Waals surface area contributed by atoms with Crippen LogP contribution in [0.5, 0.6) is 0 Å². The van der Waals surface area contributed by atoms with E-state index in [0.29, 0.717) is 91.6 Å². The van der Waals surface area contributed by atoms with Crippen molar-refractivity contribution in [1.29, 1.82) is 0 Å². The van der Waals surface area contributed by atoms with Gasteiger partial charge in [-0.05, 0) is 149 Å². The number of nitrogens with zero attached hydrogens (tertiary/aromatic N) is 3. The first-order chi connectivity index (χ1) is 39.8. The van der Waals surface area contributed by atoms with Crippen molar-refractivity contribution in [3.8, 4) is 0 Å². The third kappa shape index (κ3) is 53.9. The van der Waals surface area contributed by atoms with Gasteiger partial charge in [-0.2, -0.15) is 0 Å². The van der Waals surface area contributed by atoms with Crippen molar-refractivity contribution >= 4 is 47.8 Å². The summed E-state index contributed by atoms with van der Waals surface area (Å²) >= 11 is 0. The smallest absolute Gasteiger partial charge is 0.309 e. The van der Waals surface area contributed by atoms with Crippen LogP contribution in [0.4, 0.5) is 0 Å². The molecule has 470 valence electrons. The normalized spacial score (nSPS) is 11.6. The Kier molecular flexibility index (Phi) is 53.6. The monoisotopic (exact) mass is 1160 g/mol. The summed E-state index contributed by atoms with van der Waals surface area (Å²) in [7, 11) is 1.98. The van der Waals surface area contributed by atoms with E-state index in [2.05, 4.69) is 81.2 Å². The molecule has 0 saturated carbocycles. The fraction of sp³-hybridized carbons (Fsp3) is 0.746. The number of carbonyl (C=O) groups excluding carboxylic acids is 8. The largest absolute Gasteiger partial charge is 0.466 e. The van der Waals surface area contributed by atoms with Gasteiger partial charge in [0.15, 0.2) is 0 Å². The van der Waals surface area contributed by atoms with Gasteiger partial charge in [0.05, 0.1) is 77.8 Å². The zero-order chi connectivity index (χ0) is 60.4. The van der Waals surface area contributed by atoms with Gasteiger partial charge in [0.25, 0.3) is 0 Å². The Morgan fingerprint density at radius 1 is 0.256 bits per heavy atom. The first-order valence-electron chi connectivity index (χ1n) is 30.8. The van der Waals surface area contributed by atoms with Crippen molar-refractivity contribution in [2.24, 2.45) is 0 Å². The van der Waals surface area contributed by atoms with Gasteiger partial charge in [0.1, 0.15) is 26.4 Å². The molecule has 0 aliphatic carbocycles. The van der Waals surface area contributed by atoms with Gasteiger partial charge in [0.2, 0.25) is 0 Å². The molecule has 0 fully saturated rings. The van der Waals surface area contributed by atoms with Gasteiger partial charge < -0.3 is 52.6 Å². The molecular formula is C63H107N3O16. The maximum Gasteiger partial charge on any atom is 0.309 e. The summed E-state index contributed by atoms with van der Waals surface area (Å²) in [5.41, 5.74) is 0. The quantitative estimate of drug-likeness (QED) is 0.0239. The van der Waals surface area contributed by atoms with Crippen molar-refractivity contribution < 1.29 is 76.3 Å². The molecule has 0 unspecified atom stereocenters. The molecule has 0 bridgehead atoms. The predicted octanol–water partition coefficient (Wildman–Crippen LogP) is 10.3. The van der Waals surface area contributed by atoms with E-state index in [1.807, 2.05) is 16.8 Å². The van der Waals surface area contributed by atoms with Gasteiger partial charge in [-0.25, -0.2) is 0 Å². The van der Waals surface area contributed by atoms with Crippen LogP contribution in [0.1, 0.15) is 195 Å². The Bertz CT molecular complexity index is 1560. The maximum atomic E-state index is 12.8. The lowest BCUT2D eigenvalue weighted by molar-refractivity contribution is -0.152. The Morgan fingerprint density at radius 2 is 0.476 bits per heavy atom. The molecule has 0 aromatic carbocycles. The highest BCUT2D eigenvalue weighted by atomic mass is 16.6. The molecule has 19 heteroatoms. The van der Waals surface area contributed by atoms with E-state index in [-0.39, 0.29) is 77.8 Å². The highest BCUT2D eigenvalue weighted by molar-refractivity contribution is 5.74. The van der Waals surface area contributed by atoms with E-state index >= 15 is 0 Å². The Hall–Kier alpha value is -5.40. The van der Waals surface area contributed by atoms with Gasteiger partial charge >= 0.3 is 47.8 Å². The standard InChI is InChI=1S/C63H107N3O16/c1-6-10-14-18-22-26-48-75-60(71)36-52-79-56(67)32-44-65(45-33-57(68)80-53-37-61(72)76-49-27-23-19-15-11-7-2)42-30-40-64(5)41-31-43-66(46-34-58(69)81-54-38-62(73)77-50-28-24-20-16-12-8-3)47-35-59(70)82-55-39-63(74)78-51-29-25-21-17-13-9-4/h10-17H,6-9,18-55H2,1-5H3/b14-10-,15-11-,16-12-,17-13-. The lowest BCUT2D eigenvalue weighted by Gasteiger charge is -2.25. The summed E-state index contributed by atoms with van der Waals surface area (Å²) in [6, 6.07) is 0. The number of esters is 8. The Labute approximate surface area is 492 Å². The van der Waals surface area contributed by atoms with Crippen LogP contribution in [0, 0.1) is 0 Å². The molecule has 0 rings (SSSR count). The Morgan fingerprint density at radius 3 is 0.707 bits per heavy atom. The van der Waals surface area contributed by atoms with E-state index in [1.165, 1.54) is 0 Å². The van der Waals surface area contributed by atoms with Crippen molar-refractivity contribution in [2.45, 2.75) is 195 Å². The maximum absolute atomic E-state index is 12.8. The van der Waals surface area contributed by atoms with Crippen molar-refractivity contribution in [1.82, 2.24) is 14.7 Å². The molecule has 0 aliphatic heterocycles. The van der Waals surface area contributed by atoms with E-state index in [0.717, 1.165) is 103 Å². The average Bonchev–Trinajstić information content (AvgIpc) is 3.45. The van der Waals surface area contributed by atoms with Crippen LogP contribution in [0.2, 0.25) is 0 Å². The summed E-state index contributed by atoms with van der Waals surface area (Å²) < 4.78 is 42.5. The zero-order valence-electron chi connectivity index (χ0n) is 51.2. The van der Waals surface area contributed by atoms with Crippen LogP contribution < -0.4 is 0 Å². The van der Waals surface area contributed by atoms with Crippen molar-refractivity contribution in [3.05, 3.63) is 48.6 Å². The lowest BCUT2D eigenvalue weighted by atomic mass is 10.2. The fourth-order valence-corrected chi connectivity index (χ4v) is 7.82. The molecule has 0 radical (unpaired) electrons. The molecule has 19 nitrogen and oxygen atoms in total. The number of allylic oxidation sites excluding steroid dienone is 8. The molecule has 0 saturated heterocycles. The molecule has 0 amide bonds. The van der Waals surface area contributed by atoms with Crippen molar-refractivity contribution in [3.63, 3.8) is 0 Å². The predicted molar refractivity (Wildman–Crippen MR) is 317 cm³/mol. The van der Waals surface area contributed by atoms with Gasteiger partial charge in [-0.3, -0.25) is 38.4 Å². The molecule has 0 atom stereocenters. The number of rotatable bonds is 56. The summed E-state index contributed by atoms with van der Waals surface area (Å²) in [4.78, 5) is 106. The number of ether oxygens (including phenoxy) is 8. The lowest BCUT2D eigenvalue weighted by Crippen LogP contribution is -2.34. The molecule has 0 heterocycles. The van der Waals surface area contributed by atoms with E-state index in [4.69, 9.17) is 37.9 Å². The Balaban J connectivity index is 5.33. The molecule has 0 aromatic rings. The average molecular weight is 1160 g/mol. The van der Waals surface area contributed by atoms with Crippen LogP contribution in [0.25, 0.3) is 0 Å². The molecule has 0 aliphatic rings. The molecule has 0 N–H and O–H groups in total. The van der Waals surface area contributed by atoms with Crippen LogP contribution in [0.3, 0.4) is 0 Å². The van der Waals surface area contributed by atoms with E-state index in [1.54, 1.807) is 0 Å². The topological polar surface area (TPSA) is 220 Å². The molecule has 82 heavy (non-hydrogen) atoms. The number of carbonyl (C=O) groups is 8. The summed E-state index contributed by atoms with van der Waals surface area (Å²) in [5.74, 6) is -3.60.